The Morgan fingerprint density at radius 2 is 2.08 bits per heavy atom. The van der Waals surface area contributed by atoms with E-state index in [4.69, 9.17) is 17.3 Å². The standard InChI is InChI=1S/C18H25N5OS/c1-3-11-19-16(24)12-21(2)13-22-18(25)23(15-7-5-4-6-8-15)17(20-22)14-9-10-14/h4-8,14H,3,9-13H2,1-2H3,(H,19,24). The molecule has 0 saturated heterocycles. The second-order valence-electron chi connectivity index (χ2n) is 6.59. The highest BCUT2D eigenvalue weighted by molar-refractivity contribution is 7.71. The predicted octanol–water partition coefficient (Wildman–Crippen LogP) is 2.70. The van der Waals surface area contributed by atoms with E-state index in [2.05, 4.69) is 22.0 Å². The van der Waals surface area contributed by atoms with Gasteiger partial charge < -0.3 is 5.32 Å². The SMILES string of the molecule is CCCNC(=O)CN(C)Cn1nc(C2CC2)n(-c2ccccc2)c1=S. The van der Waals surface area contributed by atoms with Crippen molar-refractivity contribution in [2.45, 2.75) is 38.8 Å². The van der Waals surface area contributed by atoms with Gasteiger partial charge in [0.25, 0.3) is 0 Å². The molecule has 1 aliphatic rings. The first kappa shape index (κ1) is 17.8. The smallest absolute Gasteiger partial charge is 0.234 e. The van der Waals surface area contributed by atoms with Crippen molar-refractivity contribution in [3.05, 3.63) is 40.9 Å². The Bertz CT molecular complexity index is 779. The van der Waals surface area contributed by atoms with Crippen molar-refractivity contribution in [3.63, 3.8) is 0 Å². The van der Waals surface area contributed by atoms with E-state index < -0.39 is 0 Å². The molecular weight excluding hydrogens is 334 g/mol. The Kier molecular flexibility index (Phi) is 5.65. The number of carbonyl (C=O) groups is 1. The second kappa shape index (κ2) is 7.93. The Balaban J connectivity index is 1.79. The lowest BCUT2D eigenvalue weighted by Gasteiger charge is -2.15. The molecule has 0 unspecified atom stereocenters. The highest BCUT2D eigenvalue weighted by Crippen LogP contribution is 2.40. The van der Waals surface area contributed by atoms with E-state index >= 15 is 0 Å². The number of rotatable bonds is 8. The number of nitrogens with zero attached hydrogens (tertiary/aromatic N) is 4. The lowest BCUT2D eigenvalue weighted by molar-refractivity contribution is -0.122. The van der Waals surface area contributed by atoms with Gasteiger partial charge in [-0.2, -0.15) is 5.10 Å². The third kappa shape index (κ3) is 4.35. The number of benzene rings is 1. The summed E-state index contributed by atoms with van der Waals surface area (Å²) in [4.78, 5) is 13.8. The van der Waals surface area contributed by atoms with Gasteiger partial charge in [-0.3, -0.25) is 14.3 Å². The lowest BCUT2D eigenvalue weighted by atomic mass is 10.3. The maximum Gasteiger partial charge on any atom is 0.234 e. The van der Waals surface area contributed by atoms with E-state index in [0.717, 1.165) is 30.8 Å². The van der Waals surface area contributed by atoms with Gasteiger partial charge in [-0.15, -0.1) is 0 Å². The van der Waals surface area contributed by atoms with Gasteiger partial charge in [0.15, 0.2) is 0 Å². The van der Waals surface area contributed by atoms with E-state index in [1.54, 1.807) is 0 Å². The van der Waals surface area contributed by atoms with Crippen molar-refractivity contribution in [1.29, 1.82) is 0 Å². The number of hydrogen-bond donors (Lipinski definition) is 1. The van der Waals surface area contributed by atoms with Crippen molar-refractivity contribution in [2.75, 3.05) is 20.1 Å². The minimum atomic E-state index is 0.0285. The molecule has 0 aliphatic heterocycles. The van der Waals surface area contributed by atoms with Crippen LogP contribution in [0.3, 0.4) is 0 Å². The number of amides is 1. The average molecular weight is 359 g/mol. The molecule has 1 N–H and O–H groups in total. The van der Waals surface area contributed by atoms with Crippen molar-refractivity contribution >= 4 is 18.1 Å². The maximum atomic E-state index is 11.9. The first-order valence-corrected chi connectivity index (χ1v) is 9.21. The Morgan fingerprint density at radius 1 is 1.36 bits per heavy atom. The minimum absolute atomic E-state index is 0.0285. The van der Waals surface area contributed by atoms with E-state index in [-0.39, 0.29) is 5.91 Å². The second-order valence-corrected chi connectivity index (χ2v) is 6.96. The van der Waals surface area contributed by atoms with E-state index in [0.29, 0.717) is 30.4 Å². The van der Waals surface area contributed by atoms with Crippen LogP contribution in [0.4, 0.5) is 0 Å². The van der Waals surface area contributed by atoms with Crippen LogP contribution in [0.1, 0.15) is 37.9 Å². The van der Waals surface area contributed by atoms with E-state index in [1.165, 1.54) is 0 Å². The first-order valence-electron chi connectivity index (χ1n) is 8.80. The predicted molar refractivity (Wildman–Crippen MR) is 100 cm³/mol. The number of carbonyl (C=O) groups excluding carboxylic acids is 1. The molecule has 0 radical (unpaired) electrons. The summed E-state index contributed by atoms with van der Waals surface area (Å²) in [5, 5.41) is 7.65. The van der Waals surface area contributed by atoms with Crippen LogP contribution in [0, 0.1) is 4.77 Å². The highest BCUT2D eigenvalue weighted by atomic mass is 32.1. The van der Waals surface area contributed by atoms with Crippen LogP contribution in [-0.2, 0) is 11.5 Å². The largest absolute Gasteiger partial charge is 0.355 e. The van der Waals surface area contributed by atoms with Gasteiger partial charge in [0, 0.05) is 18.2 Å². The summed E-state index contributed by atoms with van der Waals surface area (Å²) in [7, 11) is 1.91. The zero-order valence-corrected chi connectivity index (χ0v) is 15.6. The molecule has 1 aromatic carbocycles. The molecule has 0 bridgehead atoms. The molecule has 1 aromatic heterocycles. The van der Waals surface area contributed by atoms with Crippen LogP contribution in [0.2, 0.25) is 0 Å². The van der Waals surface area contributed by atoms with Gasteiger partial charge in [-0.1, -0.05) is 25.1 Å². The van der Waals surface area contributed by atoms with Gasteiger partial charge in [0.05, 0.1) is 13.2 Å². The summed E-state index contributed by atoms with van der Waals surface area (Å²) >= 11 is 5.68. The van der Waals surface area contributed by atoms with Crippen LogP contribution in [0.5, 0.6) is 0 Å². The summed E-state index contributed by atoms with van der Waals surface area (Å²) in [5.74, 6) is 1.54. The molecule has 2 aromatic rings. The molecule has 1 saturated carbocycles. The van der Waals surface area contributed by atoms with E-state index in [9.17, 15) is 4.79 Å². The molecular formula is C18H25N5OS. The number of hydrogen-bond acceptors (Lipinski definition) is 4. The van der Waals surface area contributed by atoms with E-state index in [1.807, 2.05) is 41.8 Å². The van der Waals surface area contributed by atoms with Crippen LogP contribution in [0.15, 0.2) is 30.3 Å². The molecule has 1 amide bonds. The minimum Gasteiger partial charge on any atom is -0.355 e. The van der Waals surface area contributed by atoms with Crippen LogP contribution in [0.25, 0.3) is 5.69 Å². The van der Waals surface area contributed by atoms with Crippen molar-refractivity contribution in [3.8, 4) is 5.69 Å². The summed E-state index contributed by atoms with van der Waals surface area (Å²) in [6, 6.07) is 10.1. The molecule has 6 nitrogen and oxygen atoms in total. The molecule has 1 heterocycles. The third-order valence-electron chi connectivity index (χ3n) is 4.18. The third-order valence-corrected chi connectivity index (χ3v) is 4.58. The molecule has 134 valence electrons. The molecule has 1 aliphatic carbocycles. The summed E-state index contributed by atoms with van der Waals surface area (Å²) < 4.78 is 4.56. The molecule has 1 fully saturated rings. The van der Waals surface area contributed by atoms with Crippen LogP contribution in [-0.4, -0.2) is 45.3 Å². The fourth-order valence-electron chi connectivity index (χ4n) is 2.79. The monoisotopic (exact) mass is 359 g/mol. The van der Waals surface area contributed by atoms with Crippen molar-refractivity contribution in [2.24, 2.45) is 0 Å². The summed E-state index contributed by atoms with van der Waals surface area (Å²) in [5.41, 5.74) is 1.05. The number of para-hydroxylation sites is 1. The summed E-state index contributed by atoms with van der Waals surface area (Å²) in [6.45, 7) is 3.58. The maximum absolute atomic E-state index is 11.9. The number of likely N-dealkylation sites (N-methyl/N-ethyl adjacent to an activating group) is 1. The Labute approximate surface area is 153 Å². The van der Waals surface area contributed by atoms with Crippen molar-refractivity contribution in [1.82, 2.24) is 24.6 Å². The fourth-order valence-corrected chi connectivity index (χ4v) is 3.08. The molecule has 25 heavy (non-hydrogen) atoms. The molecule has 0 atom stereocenters. The quantitative estimate of drug-likeness (QED) is 0.737. The van der Waals surface area contributed by atoms with Gasteiger partial charge in [0.1, 0.15) is 5.82 Å². The van der Waals surface area contributed by atoms with Crippen LogP contribution >= 0.6 is 12.2 Å². The van der Waals surface area contributed by atoms with Crippen molar-refractivity contribution < 1.29 is 4.79 Å². The number of aromatic nitrogens is 3. The highest BCUT2D eigenvalue weighted by Gasteiger charge is 2.30. The van der Waals surface area contributed by atoms with Gasteiger partial charge in [0.2, 0.25) is 10.7 Å². The molecule has 7 heteroatoms. The fraction of sp³-hybridized carbons (Fsp3) is 0.500. The van der Waals surface area contributed by atoms with Gasteiger partial charge >= 0.3 is 0 Å². The molecule has 0 spiro atoms. The normalized spacial score (nSPS) is 14.0. The van der Waals surface area contributed by atoms with Gasteiger partial charge in [-0.25, -0.2) is 4.68 Å². The Hall–Kier alpha value is -1.99. The van der Waals surface area contributed by atoms with Gasteiger partial charge in [-0.05, 0) is 50.7 Å². The Morgan fingerprint density at radius 3 is 2.72 bits per heavy atom. The van der Waals surface area contributed by atoms with Crippen LogP contribution < -0.4 is 5.32 Å². The average Bonchev–Trinajstić information content (AvgIpc) is 3.39. The summed E-state index contributed by atoms with van der Waals surface area (Å²) in [6.07, 6.45) is 3.26. The number of nitrogens with one attached hydrogen (secondary N) is 1. The zero-order valence-electron chi connectivity index (χ0n) is 14.8. The lowest BCUT2D eigenvalue weighted by Crippen LogP contribution is -2.36. The first-order chi connectivity index (χ1) is 12.1. The molecule has 3 rings (SSSR count). The topological polar surface area (TPSA) is 55.1 Å². The zero-order chi connectivity index (χ0) is 17.8.